The van der Waals surface area contributed by atoms with Crippen LogP contribution in [0.25, 0.3) is 16.5 Å². The molecule has 8 nitrogen and oxygen atoms in total. The Balaban J connectivity index is 1.59. The number of sulfonamides is 1. The van der Waals surface area contributed by atoms with Crippen molar-refractivity contribution in [2.75, 3.05) is 13.7 Å². The molecule has 0 unspecified atom stereocenters. The van der Waals surface area contributed by atoms with Crippen molar-refractivity contribution in [1.82, 2.24) is 9.88 Å². The summed E-state index contributed by atoms with van der Waals surface area (Å²) in [6.45, 7) is 0.323. The molecular formula is C25H23N3O5S. The molecule has 3 aromatic carbocycles. The van der Waals surface area contributed by atoms with Crippen molar-refractivity contribution < 1.29 is 17.9 Å². The van der Waals surface area contributed by atoms with Gasteiger partial charge in [-0.15, -0.1) is 0 Å². The number of rotatable bonds is 7. The number of ether oxygens (including phenoxy) is 1. The number of nitrogens with two attached hydrogens (primary N) is 1. The highest BCUT2D eigenvalue weighted by Crippen LogP contribution is 2.19. The normalized spacial score (nSPS) is 11.4. The molecule has 1 heterocycles. The molecule has 0 bridgehead atoms. The second-order valence-electron chi connectivity index (χ2n) is 7.66. The summed E-state index contributed by atoms with van der Waals surface area (Å²) in [6.07, 6.45) is 2.04. The number of benzene rings is 3. The number of hydrogen-bond donors (Lipinski definition) is 2. The summed E-state index contributed by atoms with van der Waals surface area (Å²) >= 11 is 0. The van der Waals surface area contributed by atoms with Crippen LogP contribution in [0.5, 0.6) is 5.75 Å². The van der Waals surface area contributed by atoms with Crippen LogP contribution in [0.4, 0.5) is 0 Å². The Morgan fingerprint density at radius 2 is 1.62 bits per heavy atom. The monoisotopic (exact) mass is 477 g/mol. The van der Waals surface area contributed by atoms with Crippen LogP contribution >= 0.6 is 0 Å². The number of pyridine rings is 1. The van der Waals surface area contributed by atoms with Crippen molar-refractivity contribution >= 4 is 26.7 Å². The van der Waals surface area contributed by atoms with Crippen molar-refractivity contribution in [3.05, 3.63) is 100 Å². The molecule has 174 valence electrons. The molecule has 4 rings (SSSR count). The Hall–Kier alpha value is -3.95. The first-order valence-corrected chi connectivity index (χ1v) is 12.0. The predicted molar refractivity (Wildman–Crippen MR) is 130 cm³/mol. The molecule has 0 aliphatic carbocycles. The number of carbonyl (C=O) groups is 1. The Bertz CT molecular complexity index is 1510. The summed E-state index contributed by atoms with van der Waals surface area (Å²) in [6, 6.07) is 20.2. The Morgan fingerprint density at radius 1 is 0.971 bits per heavy atom. The minimum absolute atomic E-state index is 0.0348. The summed E-state index contributed by atoms with van der Waals surface area (Å²) in [4.78, 5) is 26.2. The van der Waals surface area contributed by atoms with Gasteiger partial charge in [0.05, 0.1) is 17.6 Å². The number of hydrogen-bond acceptors (Lipinski definition) is 5. The van der Waals surface area contributed by atoms with Gasteiger partial charge in [-0.25, -0.2) is 13.6 Å². The standard InChI is InChI=1S/C25H23N3O5S/c1-33-19-10-8-18(9-11-19)28-16-23(21-4-2-3-5-22(21)25(28)30)24(29)27-15-14-17-6-12-20(13-7-17)34(26,31)32/h2-13,16H,14-15H2,1H3,(H,27,29)(H2,26,31,32). The lowest BCUT2D eigenvalue weighted by Crippen LogP contribution is -2.28. The summed E-state index contributed by atoms with van der Waals surface area (Å²) < 4.78 is 29.4. The minimum atomic E-state index is -3.75. The van der Waals surface area contributed by atoms with Gasteiger partial charge in [-0.2, -0.15) is 0 Å². The highest BCUT2D eigenvalue weighted by atomic mass is 32.2. The van der Waals surface area contributed by atoms with Gasteiger partial charge < -0.3 is 10.1 Å². The van der Waals surface area contributed by atoms with Gasteiger partial charge in [0.1, 0.15) is 5.75 Å². The Labute approximate surface area is 196 Å². The number of nitrogens with one attached hydrogen (secondary N) is 1. The van der Waals surface area contributed by atoms with E-state index in [-0.39, 0.29) is 16.4 Å². The Kier molecular flexibility index (Phi) is 6.49. The number of carbonyl (C=O) groups excluding carboxylic acids is 1. The molecule has 0 spiro atoms. The average molecular weight is 478 g/mol. The summed E-state index contributed by atoms with van der Waals surface area (Å²) in [7, 11) is -2.19. The van der Waals surface area contributed by atoms with Crippen molar-refractivity contribution in [3.63, 3.8) is 0 Å². The molecule has 0 aliphatic heterocycles. The van der Waals surface area contributed by atoms with Gasteiger partial charge in [0, 0.05) is 29.2 Å². The molecule has 0 aliphatic rings. The SMILES string of the molecule is COc1ccc(-n2cc(C(=O)NCCc3ccc(S(N)(=O)=O)cc3)c3ccccc3c2=O)cc1. The second kappa shape index (κ2) is 9.50. The maximum atomic E-state index is 13.1. The molecule has 0 atom stereocenters. The first-order valence-electron chi connectivity index (χ1n) is 10.5. The fourth-order valence-corrected chi connectivity index (χ4v) is 4.18. The lowest BCUT2D eigenvalue weighted by Gasteiger charge is -2.13. The minimum Gasteiger partial charge on any atom is -0.497 e. The van der Waals surface area contributed by atoms with E-state index in [1.807, 2.05) is 0 Å². The van der Waals surface area contributed by atoms with Gasteiger partial charge in [-0.05, 0) is 54.4 Å². The summed E-state index contributed by atoms with van der Waals surface area (Å²) in [5.74, 6) is 0.340. The molecular weight excluding hydrogens is 454 g/mol. The van der Waals surface area contributed by atoms with E-state index in [1.165, 1.54) is 16.7 Å². The van der Waals surface area contributed by atoms with E-state index < -0.39 is 10.0 Å². The lowest BCUT2D eigenvalue weighted by molar-refractivity contribution is 0.0955. The van der Waals surface area contributed by atoms with E-state index in [0.29, 0.717) is 40.7 Å². The van der Waals surface area contributed by atoms with Crippen LogP contribution in [-0.2, 0) is 16.4 Å². The van der Waals surface area contributed by atoms with Crippen LogP contribution in [-0.4, -0.2) is 32.5 Å². The molecule has 3 N–H and O–H groups in total. The Morgan fingerprint density at radius 3 is 2.24 bits per heavy atom. The van der Waals surface area contributed by atoms with Crippen LogP contribution in [0, 0.1) is 0 Å². The molecule has 0 radical (unpaired) electrons. The van der Waals surface area contributed by atoms with Crippen molar-refractivity contribution in [3.8, 4) is 11.4 Å². The van der Waals surface area contributed by atoms with Gasteiger partial charge >= 0.3 is 0 Å². The molecule has 9 heteroatoms. The van der Waals surface area contributed by atoms with E-state index in [2.05, 4.69) is 5.32 Å². The number of aromatic nitrogens is 1. The summed E-state index contributed by atoms with van der Waals surface area (Å²) in [5, 5.41) is 9.00. The largest absolute Gasteiger partial charge is 0.497 e. The third kappa shape index (κ3) is 4.85. The van der Waals surface area contributed by atoms with Gasteiger partial charge in [-0.3, -0.25) is 14.2 Å². The fourth-order valence-electron chi connectivity index (χ4n) is 3.67. The number of fused-ring (bicyclic) bond motifs is 1. The van der Waals surface area contributed by atoms with E-state index in [4.69, 9.17) is 9.88 Å². The number of amides is 1. The average Bonchev–Trinajstić information content (AvgIpc) is 2.84. The third-order valence-corrected chi connectivity index (χ3v) is 6.40. The van der Waals surface area contributed by atoms with Crippen LogP contribution < -0.4 is 20.8 Å². The molecule has 0 fully saturated rings. The quantitative estimate of drug-likeness (QED) is 0.424. The van der Waals surface area contributed by atoms with Crippen molar-refractivity contribution in [1.29, 1.82) is 0 Å². The molecule has 34 heavy (non-hydrogen) atoms. The molecule has 0 saturated heterocycles. The molecule has 0 saturated carbocycles. The highest BCUT2D eigenvalue weighted by molar-refractivity contribution is 7.89. The highest BCUT2D eigenvalue weighted by Gasteiger charge is 2.15. The van der Waals surface area contributed by atoms with Gasteiger partial charge in [0.15, 0.2) is 0 Å². The second-order valence-corrected chi connectivity index (χ2v) is 9.22. The van der Waals surface area contributed by atoms with Crippen molar-refractivity contribution in [2.45, 2.75) is 11.3 Å². The van der Waals surface area contributed by atoms with Crippen LogP contribution in [0.3, 0.4) is 0 Å². The topological polar surface area (TPSA) is 120 Å². The predicted octanol–water partition coefficient (Wildman–Crippen LogP) is 2.62. The first kappa shape index (κ1) is 23.2. The fraction of sp³-hybridized carbons (Fsp3) is 0.120. The van der Waals surface area contributed by atoms with Crippen LogP contribution in [0.1, 0.15) is 15.9 Å². The zero-order valence-corrected chi connectivity index (χ0v) is 19.2. The number of methoxy groups -OCH3 is 1. The van der Waals surface area contributed by atoms with Crippen molar-refractivity contribution in [2.24, 2.45) is 5.14 Å². The van der Waals surface area contributed by atoms with Crippen LogP contribution in [0.15, 0.2) is 88.7 Å². The molecule has 1 amide bonds. The van der Waals surface area contributed by atoms with Gasteiger partial charge in [0.2, 0.25) is 10.0 Å². The van der Waals surface area contributed by atoms with Gasteiger partial charge in [-0.1, -0.05) is 30.3 Å². The maximum Gasteiger partial charge on any atom is 0.262 e. The lowest BCUT2D eigenvalue weighted by atomic mass is 10.1. The van der Waals surface area contributed by atoms with E-state index in [9.17, 15) is 18.0 Å². The summed E-state index contributed by atoms with van der Waals surface area (Å²) in [5.41, 5.74) is 1.60. The van der Waals surface area contributed by atoms with E-state index in [1.54, 1.807) is 74.0 Å². The number of nitrogens with zero attached hydrogens (tertiary/aromatic N) is 1. The zero-order valence-electron chi connectivity index (χ0n) is 18.4. The molecule has 1 aromatic heterocycles. The smallest absolute Gasteiger partial charge is 0.262 e. The number of primary sulfonamides is 1. The zero-order chi connectivity index (χ0) is 24.3. The van der Waals surface area contributed by atoms with Crippen LogP contribution in [0.2, 0.25) is 0 Å². The van der Waals surface area contributed by atoms with E-state index >= 15 is 0 Å². The molecule has 4 aromatic rings. The third-order valence-electron chi connectivity index (χ3n) is 5.47. The van der Waals surface area contributed by atoms with E-state index in [0.717, 1.165) is 5.56 Å². The van der Waals surface area contributed by atoms with Gasteiger partial charge in [0.25, 0.3) is 11.5 Å². The first-order chi connectivity index (χ1) is 16.3. The maximum absolute atomic E-state index is 13.1.